The van der Waals surface area contributed by atoms with Gasteiger partial charge < -0.3 is 5.32 Å². The number of hydrogen-bond donors (Lipinski definition) is 1. The molecule has 6 heteroatoms. The van der Waals surface area contributed by atoms with Crippen molar-refractivity contribution in [2.75, 3.05) is 0 Å². The van der Waals surface area contributed by atoms with Crippen molar-refractivity contribution >= 4 is 11.3 Å². The highest BCUT2D eigenvalue weighted by Gasteiger charge is 2.06. The maximum Gasteiger partial charge on any atom is 0.140 e. The molecule has 2 heterocycles. The van der Waals surface area contributed by atoms with E-state index in [0.29, 0.717) is 5.92 Å². The highest BCUT2D eigenvalue weighted by molar-refractivity contribution is 7.09. The van der Waals surface area contributed by atoms with Crippen LogP contribution in [-0.4, -0.2) is 19.7 Å². The van der Waals surface area contributed by atoms with Crippen LogP contribution in [0.4, 0.5) is 0 Å². The molecule has 1 N–H and O–H groups in total. The second kappa shape index (κ2) is 6.06. The van der Waals surface area contributed by atoms with Crippen molar-refractivity contribution in [3.63, 3.8) is 0 Å². The zero-order chi connectivity index (χ0) is 13.0. The molecule has 0 fully saturated rings. The fraction of sp³-hybridized carbons (Fsp3) is 0.583. The van der Waals surface area contributed by atoms with Gasteiger partial charge in [0.05, 0.1) is 6.54 Å². The normalized spacial score (nSPS) is 11.3. The topological polar surface area (TPSA) is 55.6 Å². The third kappa shape index (κ3) is 3.61. The fourth-order valence-corrected chi connectivity index (χ4v) is 2.43. The van der Waals surface area contributed by atoms with Gasteiger partial charge in [0.1, 0.15) is 17.2 Å². The second-order valence-corrected chi connectivity index (χ2v) is 5.68. The smallest absolute Gasteiger partial charge is 0.140 e. The first-order valence-corrected chi connectivity index (χ1v) is 7.01. The van der Waals surface area contributed by atoms with Gasteiger partial charge in [-0.05, 0) is 12.8 Å². The summed E-state index contributed by atoms with van der Waals surface area (Å²) < 4.78 is 1.96. The maximum atomic E-state index is 4.41. The zero-order valence-electron chi connectivity index (χ0n) is 11.1. The maximum absolute atomic E-state index is 4.41. The average Bonchev–Trinajstić information content (AvgIpc) is 2.88. The second-order valence-electron chi connectivity index (χ2n) is 4.74. The molecule has 2 rings (SSSR count). The quantitative estimate of drug-likeness (QED) is 0.868. The van der Waals surface area contributed by atoms with Crippen LogP contribution in [0.3, 0.4) is 0 Å². The van der Waals surface area contributed by atoms with Gasteiger partial charge in [0.2, 0.25) is 0 Å². The van der Waals surface area contributed by atoms with Gasteiger partial charge in [-0.2, -0.15) is 5.10 Å². The van der Waals surface area contributed by atoms with Crippen LogP contribution in [0.2, 0.25) is 0 Å². The molecule has 5 nitrogen and oxygen atoms in total. The lowest BCUT2D eigenvalue weighted by Gasteiger charge is -2.08. The SMILES string of the molecule is Cc1csc(CNCc2ncnn2CC(C)C)n1. The van der Waals surface area contributed by atoms with Crippen LogP contribution in [0, 0.1) is 12.8 Å². The summed E-state index contributed by atoms with van der Waals surface area (Å²) in [5.41, 5.74) is 1.08. The zero-order valence-corrected chi connectivity index (χ0v) is 11.9. The third-order valence-corrected chi connectivity index (χ3v) is 3.43. The lowest BCUT2D eigenvalue weighted by atomic mass is 10.2. The van der Waals surface area contributed by atoms with Gasteiger partial charge in [-0.25, -0.2) is 14.6 Å². The van der Waals surface area contributed by atoms with Crippen molar-refractivity contribution in [1.29, 1.82) is 0 Å². The van der Waals surface area contributed by atoms with Crippen LogP contribution in [0.25, 0.3) is 0 Å². The molecule has 2 aromatic heterocycles. The number of rotatable bonds is 6. The Kier molecular flexibility index (Phi) is 4.43. The average molecular weight is 265 g/mol. The first-order chi connectivity index (χ1) is 8.65. The van der Waals surface area contributed by atoms with Gasteiger partial charge in [0.15, 0.2) is 0 Å². The van der Waals surface area contributed by atoms with Crippen molar-refractivity contribution in [2.45, 2.75) is 40.4 Å². The molecule has 0 saturated carbocycles. The van der Waals surface area contributed by atoms with Crippen molar-refractivity contribution in [3.8, 4) is 0 Å². The third-order valence-electron chi connectivity index (χ3n) is 2.46. The number of thiazole rings is 1. The Bertz CT molecular complexity index is 488. The van der Waals surface area contributed by atoms with Crippen LogP contribution >= 0.6 is 11.3 Å². The Labute approximate surface area is 111 Å². The van der Waals surface area contributed by atoms with E-state index in [9.17, 15) is 0 Å². The molecule has 0 spiro atoms. The lowest BCUT2D eigenvalue weighted by Crippen LogP contribution is -2.18. The Morgan fingerprint density at radius 3 is 2.89 bits per heavy atom. The van der Waals surface area contributed by atoms with E-state index in [2.05, 4.69) is 39.6 Å². The molecule has 18 heavy (non-hydrogen) atoms. The van der Waals surface area contributed by atoms with Crippen molar-refractivity contribution in [3.05, 3.63) is 28.2 Å². The summed E-state index contributed by atoms with van der Waals surface area (Å²) >= 11 is 1.69. The molecule has 0 aliphatic rings. The monoisotopic (exact) mass is 265 g/mol. The number of hydrogen-bond acceptors (Lipinski definition) is 5. The van der Waals surface area contributed by atoms with E-state index in [0.717, 1.165) is 36.2 Å². The molecule has 0 bridgehead atoms. The van der Waals surface area contributed by atoms with Crippen LogP contribution < -0.4 is 5.32 Å². The summed E-state index contributed by atoms with van der Waals surface area (Å²) in [6, 6.07) is 0. The summed E-state index contributed by atoms with van der Waals surface area (Å²) in [7, 11) is 0. The van der Waals surface area contributed by atoms with Gasteiger partial charge in [0.25, 0.3) is 0 Å². The van der Waals surface area contributed by atoms with E-state index < -0.39 is 0 Å². The van der Waals surface area contributed by atoms with Gasteiger partial charge in [-0.1, -0.05) is 13.8 Å². The highest BCUT2D eigenvalue weighted by Crippen LogP contribution is 2.08. The number of aryl methyl sites for hydroxylation is 1. The van der Waals surface area contributed by atoms with E-state index >= 15 is 0 Å². The predicted octanol–water partition coefficient (Wildman–Crippen LogP) is 1.99. The van der Waals surface area contributed by atoms with Gasteiger partial charge in [-0.3, -0.25) is 0 Å². The lowest BCUT2D eigenvalue weighted by molar-refractivity contribution is 0.457. The molecule has 2 aromatic rings. The largest absolute Gasteiger partial charge is 0.303 e. The summed E-state index contributed by atoms with van der Waals surface area (Å²) in [5, 5.41) is 10.8. The minimum Gasteiger partial charge on any atom is -0.303 e. The molecule has 0 radical (unpaired) electrons. The van der Waals surface area contributed by atoms with Gasteiger partial charge >= 0.3 is 0 Å². The summed E-state index contributed by atoms with van der Waals surface area (Å²) in [6.45, 7) is 8.79. The summed E-state index contributed by atoms with van der Waals surface area (Å²) in [4.78, 5) is 8.69. The van der Waals surface area contributed by atoms with Gasteiger partial charge in [-0.15, -0.1) is 11.3 Å². The molecule has 0 aliphatic heterocycles. The Balaban J connectivity index is 1.84. The minimum absolute atomic E-state index is 0.576. The minimum atomic E-state index is 0.576. The van der Waals surface area contributed by atoms with Crippen LogP contribution in [0.1, 0.15) is 30.4 Å². The molecule has 0 amide bonds. The molecule has 0 aliphatic carbocycles. The molecular weight excluding hydrogens is 246 g/mol. The van der Waals surface area contributed by atoms with Crippen LogP contribution in [0.15, 0.2) is 11.7 Å². The fourth-order valence-electron chi connectivity index (χ4n) is 1.69. The van der Waals surface area contributed by atoms with Gasteiger partial charge in [0, 0.05) is 24.2 Å². The molecule has 0 atom stereocenters. The standard InChI is InChI=1S/C12H19N5S/c1-9(2)6-17-11(14-8-15-17)4-13-5-12-16-10(3)7-18-12/h7-9,13H,4-6H2,1-3H3. The first kappa shape index (κ1) is 13.2. The van der Waals surface area contributed by atoms with E-state index in [1.165, 1.54) is 0 Å². The molecule has 0 saturated heterocycles. The van der Waals surface area contributed by atoms with E-state index in [-0.39, 0.29) is 0 Å². The molecule has 98 valence electrons. The van der Waals surface area contributed by atoms with Crippen LogP contribution in [-0.2, 0) is 19.6 Å². The van der Waals surface area contributed by atoms with E-state index in [1.807, 2.05) is 11.6 Å². The first-order valence-electron chi connectivity index (χ1n) is 6.13. The summed E-state index contributed by atoms with van der Waals surface area (Å²) in [6.07, 6.45) is 1.62. The van der Waals surface area contributed by atoms with E-state index in [4.69, 9.17) is 0 Å². The molecular formula is C12H19N5S. The molecule has 0 aromatic carbocycles. The van der Waals surface area contributed by atoms with Crippen molar-refractivity contribution in [1.82, 2.24) is 25.1 Å². The highest BCUT2D eigenvalue weighted by atomic mass is 32.1. The van der Waals surface area contributed by atoms with E-state index in [1.54, 1.807) is 17.7 Å². The Morgan fingerprint density at radius 1 is 1.39 bits per heavy atom. The van der Waals surface area contributed by atoms with Crippen LogP contribution in [0.5, 0.6) is 0 Å². The number of nitrogens with one attached hydrogen (secondary N) is 1. The Morgan fingerprint density at radius 2 is 2.22 bits per heavy atom. The number of nitrogens with zero attached hydrogens (tertiary/aromatic N) is 4. The van der Waals surface area contributed by atoms with Crippen molar-refractivity contribution in [2.24, 2.45) is 5.92 Å². The van der Waals surface area contributed by atoms with Crippen molar-refractivity contribution < 1.29 is 0 Å². The predicted molar refractivity (Wildman–Crippen MR) is 72.3 cm³/mol. The summed E-state index contributed by atoms with van der Waals surface area (Å²) in [5.74, 6) is 1.56. The number of aromatic nitrogens is 4. The molecule has 0 unspecified atom stereocenters. The Hall–Kier alpha value is -1.27.